The van der Waals surface area contributed by atoms with Crippen molar-refractivity contribution in [2.24, 2.45) is 5.92 Å². The zero-order chi connectivity index (χ0) is 26.0. The van der Waals surface area contributed by atoms with Crippen molar-refractivity contribution >= 4 is 16.7 Å². The number of likely N-dealkylation sites (N-methyl/N-ethyl adjacent to an activating group) is 1. The van der Waals surface area contributed by atoms with Crippen LogP contribution in [0.2, 0.25) is 0 Å². The molecule has 0 radical (unpaired) electrons. The molecule has 3 aromatic carbocycles. The third-order valence-corrected chi connectivity index (χ3v) is 8.33. The second-order valence-electron chi connectivity index (χ2n) is 10.8. The van der Waals surface area contributed by atoms with E-state index < -0.39 is 5.60 Å². The number of fused-ring (bicyclic) bond motifs is 1. The van der Waals surface area contributed by atoms with Gasteiger partial charge in [-0.2, -0.15) is 0 Å². The van der Waals surface area contributed by atoms with Crippen LogP contribution in [0.1, 0.15) is 40.7 Å². The van der Waals surface area contributed by atoms with Gasteiger partial charge in [0.2, 0.25) is 0 Å². The number of benzene rings is 3. The molecule has 6 nitrogen and oxygen atoms in total. The Morgan fingerprint density at radius 3 is 2.51 bits per heavy atom. The Bertz CT molecular complexity index is 1250. The van der Waals surface area contributed by atoms with Gasteiger partial charge in [0, 0.05) is 38.6 Å². The van der Waals surface area contributed by atoms with Crippen molar-refractivity contribution in [3.8, 4) is 5.75 Å². The number of piperazine rings is 1. The minimum atomic E-state index is -0.983. The summed E-state index contributed by atoms with van der Waals surface area (Å²) in [5.41, 5.74) is 1.49. The zero-order valence-electron chi connectivity index (χ0n) is 22.2. The van der Waals surface area contributed by atoms with Gasteiger partial charge in [-0.1, -0.05) is 36.4 Å². The lowest BCUT2D eigenvalue weighted by molar-refractivity contribution is -0.100. The van der Waals surface area contributed by atoms with Gasteiger partial charge in [-0.15, -0.1) is 0 Å². The van der Waals surface area contributed by atoms with E-state index in [-0.39, 0.29) is 18.0 Å². The van der Waals surface area contributed by atoms with Crippen molar-refractivity contribution < 1.29 is 19.4 Å². The van der Waals surface area contributed by atoms with Crippen molar-refractivity contribution in [2.75, 3.05) is 46.9 Å². The number of carbonyl (C=O) groups excluding carboxylic acids is 1. The summed E-state index contributed by atoms with van der Waals surface area (Å²) in [6.07, 6.45) is 1.61. The Morgan fingerprint density at radius 2 is 1.76 bits per heavy atom. The molecule has 1 N–H and O–H groups in total. The predicted octanol–water partition coefficient (Wildman–Crippen LogP) is 4.62. The molecule has 3 aromatic rings. The van der Waals surface area contributed by atoms with Crippen LogP contribution in [0, 0.1) is 12.8 Å². The van der Waals surface area contributed by atoms with E-state index in [1.807, 2.05) is 49.4 Å². The van der Waals surface area contributed by atoms with Crippen LogP contribution in [-0.4, -0.2) is 73.9 Å². The molecule has 0 spiro atoms. The van der Waals surface area contributed by atoms with Gasteiger partial charge in [-0.3, -0.25) is 0 Å². The predicted molar refractivity (Wildman–Crippen MR) is 146 cm³/mol. The van der Waals surface area contributed by atoms with E-state index in [2.05, 4.69) is 35.0 Å². The third kappa shape index (κ3) is 5.52. The fraction of sp³-hybridized carbons (Fsp3) is 0.452. The topological polar surface area (TPSA) is 62.2 Å². The Kier molecular flexibility index (Phi) is 7.52. The van der Waals surface area contributed by atoms with Gasteiger partial charge in [0.05, 0.1) is 18.3 Å². The molecular formula is C31H38N2O4. The summed E-state index contributed by atoms with van der Waals surface area (Å²) < 4.78 is 11.4. The highest BCUT2D eigenvalue weighted by Crippen LogP contribution is 2.44. The molecule has 3 atom stereocenters. The van der Waals surface area contributed by atoms with Crippen molar-refractivity contribution in [3.63, 3.8) is 0 Å². The van der Waals surface area contributed by atoms with Gasteiger partial charge in [0.25, 0.3) is 0 Å². The van der Waals surface area contributed by atoms with Gasteiger partial charge in [0.15, 0.2) is 0 Å². The molecule has 1 saturated heterocycles. The van der Waals surface area contributed by atoms with Crippen molar-refractivity contribution in [2.45, 2.75) is 37.9 Å². The van der Waals surface area contributed by atoms with E-state index in [4.69, 9.17) is 9.47 Å². The number of hydrogen-bond donors (Lipinski definition) is 1. The highest BCUT2D eigenvalue weighted by atomic mass is 16.5. The standard InChI is InChI=1S/C31H38N2O4/c1-22-6-4-5-7-29(22)30(34)37-28-12-13-31(35,26(20-28)21-33-16-14-32(2)15-17-33)25-10-8-24-19-27(36-3)11-9-23(24)18-25/h4-11,18-19,26,28,35H,12-17,20-21H2,1-3H3. The second kappa shape index (κ2) is 10.8. The van der Waals surface area contributed by atoms with E-state index >= 15 is 0 Å². The normalized spacial score (nSPS) is 25.2. The molecule has 1 aliphatic heterocycles. The molecule has 1 aliphatic carbocycles. The summed E-state index contributed by atoms with van der Waals surface area (Å²) in [5, 5.41) is 14.4. The van der Waals surface area contributed by atoms with Crippen LogP contribution in [0.15, 0.2) is 60.7 Å². The summed E-state index contributed by atoms with van der Waals surface area (Å²) in [4.78, 5) is 17.8. The minimum Gasteiger partial charge on any atom is -0.497 e. The fourth-order valence-corrected chi connectivity index (χ4v) is 5.91. The lowest BCUT2D eigenvalue weighted by atomic mass is 9.70. The molecule has 1 saturated carbocycles. The maximum absolute atomic E-state index is 13.0. The number of ether oxygens (including phenoxy) is 2. The first kappa shape index (κ1) is 25.7. The maximum Gasteiger partial charge on any atom is 0.338 e. The number of esters is 1. The first-order valence-electron chi connectivity index (χ1n) is 13.3. The van der Waals surface area contributed by atoms with Crippen molar-refractivity contribution in [1.29, 1.82) is 0 Å². The molecular weight excluding hydrogens is 464 g/mol. The van der Waals surface area contributed by atoms with Crippen LogP contribution in [0.5, 0.6) is 5.75 Å². The number of aliphatic hydroxyl groups is 1. The summed E-state index contributed by atoms with van der Waals surface area (Å²) in [6.45, 7) is 6.72. The molecule has 6 heteroatoms. The molecule has 196 valence electrons. The lowest BCUT2D eigenvalue weighted by Gasteiger charge is -2.46. The van der Waals surface area contributed by atoms with E-state index in [9.17, 15) is 9.90 Å². The van der Waals surface area contributed by atoms with Gasteiger partial charge in [-0.05, 0) is 79.4 Å². The number of carbonyl (C=O) groups is 1. The fourth-order valence-electron chi connectivity index (χ4n) is 5.91. The Labute approximate surface area is 219 Å². The number of methoxy groups -OCH3 is 1. The SMILES string of the molecule is COc1ccc2cc(C3(O)CCC(OC(=O)c4ccccc4C)CC3CN3CCN(C)CC3)ccc2c1. The summed E-state index contributed by atoms with van der Waals surface area (Å²) in [6, 6.07) is 19.8. The maximum atomic E-state index is 13.0. The van der Waals surface area contributed by atoms with E-state index in [1.54, 1.807) is 7.11 Å². The largest absolute Gasteiger partial charge is 0.497 e. The van der Waals surface area contributed by atoms with Crippen LogP contribution < -0.4 is 4.74 Å². The van der Waals surface area contributed by atoms with Crippen molar-refractivity contribution in [3.05, 3.63) is 77.4 Å². The van der Waals surface area contributed by atoms with Crippen LogP contribution in [0.25, 0.3) is 10.8 Å². The van der Waals surface area contributed by atoms with Crippen LogP contribution in [0.4, 0.5) is 0 Å². The van der Waals surface area contributed by atoms with Crippen LogP contribution in [-0.2, 0) is 10.3 Å². The molecule has 0 amide bonds. The molecule has 37 heavy (non-hydrogen) atoms. The summed E-state index contributed by atoms with van der Waals surface area (Å²) in [5.74, 6) is 0.504. The quantitative estimate of drug-likeness (QED) is 0.497. The lowest BCUT2D eigenvalue weighted by Crippen LogP contribution is -2.52. The second-order valence-corrected chi connectivity index (χ2v) is 10.8. The van der Waals surface area contributed by atoms with Gasteiger partial charge < -0.3 is 24.4 Å². The molecule has 0 bridgehead atoms. The first-order chi connectivity index (χ1) is 17.9. The molecule has 2 fully saturated rings. The van der Waals surface area contributed by atoms with Crippen LogP contribution >= 0.6 is 0 Å². The summed E-state index contributed by atoms with van der Waals surface area (Å²) in [7, 11) is 3.82. The smallest absolute Gasteiger partial charge is 0.338 e. The van der Waals surface area contributed by atoms with Gasteiger partial charge in [-0.25, -0.2) is 4.79 Å². The minimum absolute atomic E-state index is 0.0463. The van der Waals surface area contributed by atoms with Crippen molar-refractivity contribution in [1.82, 2.24) is 9.80 Å². The van der Waals surface area contributed by atoms with Gasteiger partial charge >= 0.3 is 5.97 Å². The average molecular weight is 503 g/mol. The number of rotatable bonds is 6. The number of nitrogens with zero attached hydrogens (tertiary/aromatic N) is 2. The van der Waals surface area contributed by atoms with E-state index in [0.717, 1.165) is 60.4 Å². The Balaban J connectivity index is 1.40. The average Bonchev–Trinajstić information content (AvgIpc) is 2.91. The highest BCUT2D eigenvalue weighted by Gasteiger charge is 2.45. The summed E-state index contributed by atoms with van der Waals surface area (Å²) >= 11 is 0. The Hall–Kier alpha value is -2.93. The number of hydrogen-bond acceptors (Lipinski definition) is 6. The zero-order valence-corrected chi connectivity index (χ0v) is 22.2. The van der Waals surface area contributed by atoms with E-state index in [1.165, 1.54) is 0 Å². The number of aryl methyl sites for hydroxylation is 1. The third-order valence-electron chi connectivity index (χ3n) is 8.33. The molecule has 0 aromatic heterocycles. The van der Waals surface area contributed by atoms with Crippen LogP contribution in [0.3, 0.4) is 0 Å². The monoisotopic (exact) mass is 502 g/mol. The molecule has 2 aliphatic rings. The first-order valence-corrected chi connectivity index (χ1v) is 13.3. The highest BCUT2D eigenvalue weighted by molar-refractivity contribution is 5.91. The van der Waals surface area contributed by atoms with E-state index in [0.29, 0.717) is 24.8 Å². The van der Waals surface area contributed by atoms with Gasteiger partial charge in [0.1, 0.15) is 11.9 Å². The molecule has 1 heterocycles. The molecule has 3 unspecified atom stereocenters. The Morgan fingerprint density at radius 1 is 1.03 bits per heavy atom. The molecule has 5 rings (SSSR count).